The molecule has 0 aliphatic carbocycles. The van der Waals surface area contributed by atoms with Gasteiger partial charge in [-0.3, -0.25) is 0 Å². The fraction of sp³-hybridized carbons (Fsp3) is 0.167. The van der Waals surface area contributed by atoms with Crippen LogP contribution in [0.5, 0.6) is 0 Å². The Morgan fingerprint density at radius 1 is 0.875 bits per heavy atom. The van der Waals surface area contributed by atoms with Crippen molar-refractivity contribution in [3.63, 3.8) is 0 Å². The SMILES string of the molecule is CC(C)Nc1cc(Nc2ccccc2)nc(-c2cccc(Cl)n2)n1. The molecule has 3 rings (SSSR count). The zero-order valence-corrected chi connectivity index (χ0v) is 14.2. The lowest BCUT2D eigenvalue weighted by atomic mass is 10.3. The molecule has 6 heteroatoms. The summed E-state index contributed by atoms with van der Waals surface area (Å²) in [6.07, 6.45) is 0. The molecular weight excluding hydrogens is 322 g/mol. The summed E-state index contributed by atoms with van der Waals surface area (Å²) in [6, 6.07) is 17.4. The molecule has 3 aromatic rings. The van der Waals surface area contributed by atoms with E-state index in [0.29, 0.717) is 22.5 Å². The number of para-hydroxylation sites is 1. The molecule has 0 fully saturated rings. The maximum absolute atomic E-state index is 5.99. The molecule has 0 aliphatic heterocycles. The number of aromatic nitrogens is 3. The topological polar surface area (TPSA) is 62.7 Å². The highest BCUT2D eigenvalue weighted by atomic mass is 35.5. The van der Waals surface area contributed by atoms with E-state index in [1.54, 1.807) is 6.07 Å². The van der Waals surface area contributed by atoms with Crippen molar-refractivity contribution in [3.8, 4) is 11.5 Å². The Morgan fingerprint density at radius 2 is 1.62 bits per heavy atom. The summed E-state index contributed by atoms with van der Waals surface area (Å²) in [5, 5.41) is 7.01. The van der Waals surface area contributed by atoms with Gasteiger partial charge < -0.3 is 10.6 Å². The van der Waals surface area contributed by atoms with Crippen LogP contribution in [0, 0.1) is 0 Å². The summed E-state index contributed by atoms with van der Waals surface area (Å²) < 4.78 is 0. The molecule has 0 radical (unpaired) electrons. The van der Waals surface area contributed by atoms with E-state index in [4.69, 9.17) is 11.6 Å². The zero-order chi connectivity index (χ0) is 16.9. The van der Waals surface area contributed by atoms with Crippen LogP contribution >= 0.6 is 11.6 Å². The van der Waals surface area contributed by atoms with Crippen molar-refractivity contribution < 1.29 is 0 Å². The molecule has 0 atom stereocenters. The van der Waals surface area contributed by atoms with Crippen molar-refractivity contribution in [1.29, 1.82) is 0 Å². The number of benzene rings is 1. The molecule has 0 bridgehead atoms. The average molecular weight is 340 g/mol. The van der Waals surface area contributed by atoms with Crippen LogP contribution in [-0.4, -0.2) is 21.0 Å². The van der Waals surface area contributed by atoms with Crippen LogP contribution in [0.3, 0.4) is 0 Å². The van der Waals surface area contributed by atoms with Gasteiger partial charge in [-0.25, -0.2) is 15.0 Å². The Hall–Kier alpha value is -2.66. The van der Waals surface area contributed by atoms with Crippen LogP contribution < -0.4 is 10.6 Å². The highest BCUT2D eigenvalue weighted by molar-refractivity contribution is 6.29. The Kier molecular flexibility index (Phi) is 4.91. The van der Waals surface area contributed by atoms with Crippen LogP contribution in [0.2, 0.25) is 5.15 Å². The van der Waals surface area contributed by atoms with Gasteiger partial charge in [0.15, 0.2) is 5.82 Å². The Balaban J connectivity index is 2.00. The van der Waals surface area contributed by atoms with E-state index in [-0.39, 0.29) is 6.04 Å². The van der Waals surface area contributed by atoms with Gasteiger partial charge in [-0.05, 0) is 38.1 Å². The molecule has 0 saturated heterocycles. The van der Waals surface area contributed by atoms with Crippen molar-refractivity contribution in [2.75, 3.05) is 10.6 Å². The minimum atomic E-state index is 0.254. The number of nitrogens with one attached hydrogen (secondary N) is 2. The van der Waals surface area contributed by atoms with Gasteiger partial charge in [-0.15, -0.1) is 0 Å². The summed E-state index contributed by atoms with van der Waals surface area (Å²) in [6.45, 7) is 4.12. The quantitative estimate of drug-likeness (QED) is 0.656. The normalized spacial score (nSPS) is 10.7. The highest BCUT2D eigenvalue weighted by Gasteiger charge is 2.10. The van der Waals surface area contributed by atoms with Gasteiger partial charge in [0.1, 0.15) is 22.5 Å². The van der Waals surface area contributed by atoms with Crippen LogP contribution in [0.15, 0.2) is 54.6 Å². The van der Waals surface area contributed by atoms with Crippen molar-refractivity contribution in [3.05, 3.63) is 59.8 Å². The summed E-state index contributed by atoms with van der Waals surface area (Å²) >= 11 is 5.99. The summed E-state index contributed by atoms with van der Waals surface area (Å²) in [5.74, 6) is 1.94. The van der Waals surface area contributed by atoms with E-state index >= 15 is 0 Å². The van der Waals surface area contributed by atoms with Gasteiger partial charge in [-0.2, -0.15) is 0 Å². The number of nitrogens with zero attached hydrogens (tertiary/aromatic N) is 3. The maximum Gasteiger partial charge on any atom is 0.182 e. The van der Waals surface area contributed by atoms with Crippen LogP contribution in [0.1, 0.15) is 13.8 Å². The second-order valence-electron chi connectivity index (χ2n) is 5.60. The molecule has 0 unspecified atom stereocenters. The molecule has 0 amide bonds. The van der Waals surface area contributed by atoms with E-state index in [1.807, 2.05) is 48.5 Å². The second-order valence-corrected chi connectivity index (χ2v) is 5.98. The molecule has 0 saturated carbocycles. The predicted molar refractivity (Wildman–Crippen MR) is 98.8 cm³/mol. The molecule has 0 aliphatic rings. The minimum Gasteiger partial charge on any atom is -0.368 e. The first-order chi connectivity index (χ1) is 11.6. The molecule has 2 heterocycles. The molecule has 0 spiro atoms. The van der Waals surface area contributed by atoms with E-state index in [2.05, 4.69) is 39.4 Å². The highest BCUT2D eigenvalue weighted by Crippen LogP contribution is 2.23. The molecule has 1 aromatic carbocycles. The van der Waals surface area contributed by atoms with E-state index in [1.165, 1.54) is 0 Å². The Bertz CT molecular complexity index is 821. The third-order valence-corrected chi connectivity index (χ3v) is 3.36. The standard InChI is InChI=1S/C18H18ClN5/c1-12(2)20-16-11-17(21-13-7-4-3-5-8-13)24-18(23-16)14-9-6-10-15(19)22-14/h3-12H,1-2H3,(H2,20,21,23,24). The smallest absolute Gasteiger partial charge is 0.182 e. The van der Waals surface area contributed by atoms with Gasteiger partial charge in [0, 0.05) is 17.8 Å². The first-order valence-electron chi connectivity index (χ1n) is 7.71. The lowest BCUT2D eigenvalue weighted by molar-refractivity contribution is 0.887. The third kappa shape index (κ3) is 4.20. The number of halogens is 1. The van der Waals surface area contributed by atoms with Gasteiger partial charge in [0.2, 0.25) is 0 Å². The number of hydrogen-bond donors (Lipinski definition) is 2. The van der Waals surface area contributed by atoms with E-state index in [0.717, 1.165) is 11.5 Å². The first kappa shape index (κ1) is 16.2. The van der Waals surface area contributed by atoms with Crippen molar-refractivity contribution >= 4 is 28.9 Å². The molecule has 24 heavy (non-hydrogen) atoms. The number of anilines is 3. The third-order valence-electron chi connectivity index (χ3n) is 3.15. The first-order valence-corrected chi connectivity index (χ1v) is 8.08. The fourth-order valence-electron chi connectivity index (χ4n) is 2.20. The van der Waals surface area contributed by atoms with Crippen molar-refractivity contribution in [2.45, 2.75) is 19.9 Å². The van der Waals surface area contributed by atoms with Crippen LogP contribution in [0.4, 0.5) is 17.3 Å². The summed E-state index contributed by atoms with van der Waals surface area (Å²) in [7, 11) is 0. The van der Waals surface area contributed by atoms with Gasteiger partial charge in [0.05, 0.1) is 0 Å². The second kappa shape index (κ2) is 7.27. The Morgan fingerprint density at radius 3 is 2.33 bits per heavy atom. The lowest BCUT2D eigenvalue weighted by Crippen LogP contribution is -2.12. The van der Waals surface area contributed by atoms with E-state index in [9.17, 15) is 0 Å². The largest absolute Gasteiger partial charge is 0.368 e. The predicted octanol–water partition coefficient (Wildman–Crippen LogP) is 4.76. The number of pyridine rings is 1. The summed E-state index contributed by atoms with van der Waals surface area (Å²) in [4.78, 5) is 13.4. The maximum atomic E-state index is 5.99. The van der Waals surface area contributed by atoms with Crippen LogP contribution in [0.25, 0.3) is 11.5 Å². The van der Waals surface area contributed by atoms with Gasteiger partial charge in [-0.1, -0.05) is 35.9 Å². The molecule has 5 nitrogen and oxygen atoms in total. The molecular formula is C18H18ClN5. The minimum absolute atomic E-state index is 0.254. The summed E-state index contributed by atoms with van der Waals surface area (Å²) in [5.41, 5.74) is 1.59. The fourth-order valence-corrected chi connectivity index (χ4v) is 2.36. The van der Waals surface area contributed by atoms with Gasteiger partial charge in [0.25, 0.3) is 0 Å². The lowest BCUT2D eigenvalue weighted by Gasteiger charge is -2.13. The van der Waals surface area contributed by atoms with E-state index < -0.39 is 0 Å². The number of rotatable bonds is 5. The Labute approximate surface area is 146 Å². The van der Waals surface area contributed by atoms with Crippen molar-refractivity contribution in [1.82, 2.24) is 15.0 Å². The molecule has 2 N–H and O–H groups in total. The van der Waals surface area contributed by atoms with Crippen LogP contribution in [-0.2, 0) is 0 Å². The van der Waals surface area contributed by atoms with Gasteiger partial charge >= 0.3 is 0 Å². The molecule has 122 valence electrons. The average Bonchev–Trinajstić information content (AvgIpc) is 2.55. The number of hydrogen-bond acceptors (Lipinski definition) is 5. The monoisotopic (exact) mass is 339 g/mol. The molecule has 2 aromatic heterocycles. The zero-order valence-electron chi connectivity index (χ0n) is 13.5. The van der Waals surface area contributed by atoms with Crippen molar-refractivity contribution in [2.24, 2.45) is 0 Å².